The summed E-state index contributed by atoms with van der Waals surface area (Å²) in [5.41, 5.74) is -0.220. The van der Waals surface area contributed by atoms with Gasteiger partial charge in [-0.2, -0.15) is 0 Å². The summed E-state index contributed by atoms with van der Waals surface area (Å²) < 4.78 is 40.2. The molecule has 2 aromatic rings. The van der Waals surface area contributed by atoms with Crippen LogP contribution in [0.25, 0.3) is 10.1 Å². The van der Waals surface area contributed by atoms with E-state index in [4.69, 9.17) is 0 Å². The quantitative estimate of drug-likeness (QED) is 0.364. The van der Waals surface area contributed by atoms with Gasteiger partial charge in [-0.1, -0.05) is 6.07 Å². The number of rotatable bonds is 7. The predicted octanol–water partition coefficient (Wildman–Crippen LogP) is 4.64. The zero-order valence-electron chi connectivity index (χ0n) is 25.8. The minimum atomic E-state index is -4.99. The molecule has 1 aromatic carbocycles. The number of amides is 3. The molecule has 0 radical (unpaired) electrons. The Morgan fingerprint density at radius 1 is 1.09 bits per heavy atom. The minimum absolute atomic E-state index is 0.0162. The summed E-state index contributed by atoms with van der Waals surface area (Å²) in [6.07, 6.45) is 7.17. The van der Waals surface area contributed by atoms with Crippen LogP contribution in [0.2, 0.25) is 0 Å². The van der Waals surface area contributed by atoms with Crippen molar-refractivity contribution in [1.82, 2.24) is 20.0 Å². The molecule has 4 heterocycles. The maximum atomic E-state index is 14.4. The number of carbonyl (C=O) groups is 3. The molecule has 2 saturated carbocycles. The van der Waals surface area contributed by atoms with Crippen molar-refractivity contribution in [2.75, 3.05) is 13.6 Å². The van der Waals surface area contributed by atoms with Crippen molar-refractivity contribution in [2.45, 2.75) is 118 Å². The maximum absolute atomic E-state index is 14.4. The van der Waals surface area contributed by atoms with Crippen LogP contribution in [0.3, 0.4) is 0 Å². The lowest BCUT2D eigenvalue weighted by Gasteiger charge is -2.45. The molecule has 3 saturated heterocycles. The third-order valence-corrected chi connectivity index (χ3v) is 13.2. The van der Waals surface area contributed by atoms with Crippen molar-refractivity contribution < 1.29 is 37.5 Å². The van der Waals surface area contributed by atoms with Gasteiger partial charge in [0.25, 0.3) is 5.91 Å². The molecule has 14 heteroatoms. The molecule has 2 aliphatic carbocycles. The number of nitrogens with one attached hydrogen (secondary N) is 1. The van der Waals surface area contributed by atoms with E-state index in [-0.39, 0.29) is 45.9 Å². The largest absolute Gasteiger partial charge is 0.363 e. The lowest BCUT2D eigenvalue weighted by molar-refractivity contribution is -0.148. The molecule has 46 heavy (non-hydrogen) atoms. The maximum Gasteiger partial charge on any atom is 0.363 e. The number of hydrogen-bond donors (Lipinski definition) is 3. The van der Waals surface area contributed by atoms with Crippen molar-refractivity contribution >= 4 is 46.7 Å². The second-order valence-electron chi connectivity index (χ2n) is 14.0. The number of thiophene rings is 1. The summed E-state index contributed by atoms with van der Waals surface area (Å²) in [6.45, 7) is 0.713. The average Bonchev–Trinajstić information content (AvgIpc) is 3.31. The molecule has 5 aliphatic rings. The summed E-state index contributed by atoms with van der Waals surface area (Å²) in [6, 6.07) is 4.29. The first-order valence-corrected chi connectivity index (χ1v) is 18.9. The second kappa shape index (κ2) is 11.9. The van der Waals surface area contributed by atoms with Gasteiger partial charge in [-0.15, -0.1) is 11.3 Å². The van der Waals surface area contributed by atoms with Crippen LogP contribution in [0.4, 0.5) is 8.78 Å². The van der Waals surface area contributed by atoms with Crippen LogP contribution in [-0.2, 0) is 14.2 Å². The Bertz CT molecular complexity index is 1590. The second-order valence-corrected chi connectivity index (χ2v) is 16.7. The van der Waals surface area contributed by atoms with E-state index < -0.39 is 37.7 Å². The van der Waals surface area contributed by atoms with Crippen molar-refractivity contribution in [2.24, 2.45) is 0 Å². The molecule has 3 aliphatic heterocycles. The van der Waals surface area contributed by atoms with Gasteiger partial charge in [-0.3, -0.25) is 18.9 Å². The van der Waals surface area contributed by atoms with Crippen molar-refractivity contribution in [1.29, 1.82) is 0 Å². The molecule has 5 fully saturated rings. The molecule has 3 N–H and O–H groups in total. The zero-order chi connectivity index (χ0) is 32.5. The number of benzene rings is 1. The van der Waals surface area contributed by atoms with Gasteiger partial charge in [-0.05, 0) is 107 Å². The van der Waals surface area contributed by atoms with Crippen LogP contribution >= 0.6 is 18.9 Å². The van der Waals surface area contributed by atoms with Gasteiger partial charge in [0.2, 0.25) is 17.7 Å². The number of nitrogens with zero attached hydrogens (tertiary/aromatic N) is 3. The van der Waals surface area contributed by atoms with E-state index in [1.165, 1.54) is 24.3 Å². The zero-order valence-corrected chi connectivity index (χ0v) is 27.5. The van der Waals surface area contributed by atoms with Gasteiger partial charge in [0.05, 0.1) is 4.88 Å². The third kappa shape index (κ3) is 5.80. The number of alkyl halides is 2. The van der Waals surface area contributed by atoms with E-state index >= 15 is 0 Å². The van der Waals surface area contributed by atoms with Crippen LogP contribution in [0.15, 0.2) is 24.3 Å². The van der Waals surface area contributed by atoms with E-state index in [9.17, 15) is 37.5 Å². The fraction of sp³-hybridized carbons (Fsp3) is 0.656. The van der Waals surface area contributed by atoms with E-state index in [0.717, 1.165) is 37.0 Å². The van der Waals surface area contributed by atoms with Gasteiger partial charge >= 0.3 is 7.60 Å². The normalized spacial score (nSPS) is 31.5. The highest BCUT2D eigenvalue weighted by Gasteiger charge is 2.56. The topological polar surface area (TPSA) is 130 Å². The van der Waals surface area contributed by atoms with E-state index in [0.29, 0.717) is 61.6 Å². The van der Waals surface area contributed by atoms with E-state index in [1.54, 1.807) is 4.90 Å². The van der Waals surface area contributed by atoms with Crippen molar-refractivity contribution in [3.8, 4) is 0 Å². The Kier molecular flexibility index (Phi) is 8.32. The molecular weight excluding hydrogens is 637 g/mol. The first-order chi connectivity index (χ1) is 21.8. The van der Waals surface area contributed by atoms with Gasteiger partial charge in [-0.25, -0.2) is 8.78 Å². The molecule has 3 amide bonds. The van der Waals surface area contributed by atoms with Gasteiger partial charge in [0.15, 0.2) is 0 Å². The number of likely N-dealkylation sites (tertiary alicyclic amines) is 1. The van der Waals surface area contributed by atoms with Crippen LogP contribution in [0.1, 0.15) is 91.8 Å². The highest BCUT2D eigenvalue weighted by atomic mass is 32.1. The lowest BCUT2D eigenvalue weighted by atomic mass is 9.86. The summed E-state index contributed by atoms with van der Waals surface area (Å²) in [7, 11) is -2.98. The van der Waals surface area contributed by atoms with Crippen LogP contribution in [0, 0.1) is 0 Å². The lowest BCUT2D eigenvalue weighted by Crippen LogP contribution is -2.59. The highest BCUT2D eigenvalue weighted by molar-refractivity contribution is 7.51. The molecule has 250 valence electrons. The average molecular weight is 679 g/mol. The molecule has 1 spiro atoms. The molecule has 0 unspecified atom stereocenters. The first kappa shape index (κ1) is 32.1. The number of carbonyl (C=O) groups excluding carboxylic acids is 3. The van der Waals surface area contributed by atoms with Crippen LogP contribution in [-0.4, -0.2) is 97.7 Å². The van der Waals surface area contributed by atoms with Crippen molar-refractivity contribution in [3.05, 3.63) is 34.7 Å². The minimum Gasteiger partial charge on any atom is -0.340 e. The third-order valence-electron chi connectivity index (χ3n) is 11.2. The monoisotopic (exact) mass is 678 g/mol. The Morgan fingerprint density at radius 2 is 1.85 bits per heavy atom. The van der Waals surface area contributed by atoms with Gasteiger partial charge in [0.1, 0.15) is 18.3 Å². The fourth-order valence-corrected chi connectivity index (χ4v) is 9.81. The molecule has 10 nitrogen and oxygen atoms in total. The molecule has 7 rings (SSSR count). The SMILES string of the molecule is CN(C1CC(F)C1)[C@H]1CC[C@H](NC(=O)c2cc3cc([C@H](F)P(=O)(O)O)ccc3s2)C(=O)N2[C@H](CC[C@H]2C(=O)N2CCCC23CC3)C1. The number of fused-ring (bicyclic) bond motifs is 2. The van der Waals surface area contributed by atoms with E-state index in [1.807, 2.05) is 11.9 Å². The molecule has 1 aromatic heterocycles. The summed E-state index contributed by atoms with van der Waals surface area (Å²) in [5, 5.41) is 3.41. The molecule has 5 atom stereocenters. The summed E-state index contributed by atoms with van der Waals surface area (Å²) >= 11 is 1.14. The molecular formula is C32H41F2N4O6PS. The Morgan fingerprint density at radius 3 is 2.54 bits per heavy atom. The van der Waals surface area contributed by atoms with Crippen LogP contribution in [0.5, 0.6) is 0 Å². The number of halogens is 2. The van der Waals surface area contributed by atoms with Gasteiger partial charge < -0.3 is 29.8 Å². The fourth-order valence-electron chi connectivity index (χ4n) is 8.31. The van der Waals surface area contributed by atoms with Crippen LogP contribution < -0.4 is 5.32 Å². The summed E-state index contributed by atoms with van der Waals surface area (Å²) in [5.74, 6) is -3.19. The predicted molar refractivity (Wildman–Crippen MR) is 169 cm³/mol. The Hall–Kier alpha value is -2.44. The van der Waals surface area contributed by atoms with Gasteiger partial charge in [0, 0.05) is 34.9 Å². The first-order valence-electron chi connectivity index (χ1n) is 16.4. The Labute approximate surface area is 270 Å². The van der Waals surface area contributed by atoms with Crippen molar-refractivity contribution in [3.63, 3.8) is 0 Å². The van der Waals surface area contributed by atoms with E-state index in [2.05, 4.69) is 10.2 Å². The summed E-state index contributed by atoms with van der Waals surface area (Å²) in [4.78, 5) is 66.8. The smallest absolute Gasteiger partial charge is 0.340 e. The highest BCUT2D eigenvalue weighted by Crippen LogP contribution is 2.53. The standard InChI is InChI=1S/C32H41F2N4O6PS/c1-36(23-15-20(33)16-23)21-4-6-24(35-29(39)27-14-19-13-18(3-8-26(19)46-27)28(34)45(42,43)44)30(40)38-22(17-21)5-7-25(38)31(41)37-12-2-9-32(37)10-11-32/h3,8,13-14,20-25,28H,2,4-7,9-12,15-17H2,1H3,(H,35,39)(H2,42,43,44)/t20?,21-,22+,23?,24-,25-,28+/m0/s1. The molecule has 0 bridgehead atoms. The Balaban J connectivity index is 1.14. The number of hydrogen-bond acceptors (Lipinski definition) is 6.